The highest BCUT2D eigenvalue weighted by molar-refractivity contribution is 7.92. The first-order valence-electron chi connectivity index (χ1n) is 7.77. The number of rotatable bonds is 6. The molecule has 0 spiro atoms. The molecule has 0 aliphatic heterocycles. The zero-order chi connectivity index (χ0) is 22.0. The lowest BCUT2D eigenvalue weighted by atomic mass is 10.1. The molecular formula is C17H14ClF3N2O5S. The van der Waals surface area contributed by atoms with Gasteiger partial charge in [-0.2, -0.15) is 13.2 Å². The molecule has 156 valence electrons. The summed E-state index contributed by atoms with van der Waals surface area (Å²) in [6.45, 7) is -0.883. The lowest BCUT2D eigenvalue weighted by Gasteiger charge is -2.23. The average Bonchev–Trinajstić information content (AvgIpc) is 2.58. The zero-order valence-electron chi connectivity index (χ0n) is 14.7. The van der Waals surface area contributed by atoms with Gasteiger partial charge in [-0.15, -0.1) is 0 Å². The molecule has 0 aliphatic carbocycles. The van der Waals surface area contributed by atoms with Crippen LogP contribution in [-0.4, -0.2) is 38.2 Å². The number of alkyl halides is 3. The molecular weight excluding hydrogens is 437 g/mol. The van der Waals surface area contributed by atoms with E-state index in [0.717, 1.165) is 12.1 Å². The van der Waals surface area contributed by atoms with E-state index >= 15 is 0 Å². The molecule has 0 bridgehead atoms. The number of aromatic carboxylic acids is 1. The Morgan fingerprint density at radius 3 is 2.34 bits per heavy atom. The highest BCUT2D eigenvalue weighted by atomic mass is 35.5. The van der Waals surface area contributed by atoms with Crippen molar-refractivity contribution < 1.29 is 36.3 Å². The minimum atomic E-state index is -4.83. The molecule has 0 atom stereocenters. The molecule has 1 amide bonds. The van der Waals surface area contributed by atoms with Gasteiger partial charge in [0.25, 0.3) is 0 Å². The number of sulfonamides is 1. The van der Waals surface area contributed by atoms with Crippen molar-refractivity contribution in [2.24, 2.45) is 0 Å². The van der Waals surface area contributed by atoms with Gasteiger partial charge in [0.1, 0.15) is 6.54 Å². The summed E-state index contributed by atoms with van der Waals surface area (Å²) < 4.78 is 63.8. The molecule has 2 N–H and O–H groups in total. The van der Waals surface area contributed by atoms with Gasteiger partial charge in [-0.25, -0.2) is 13.2 Å². The zero-order valence-corrected chi connectivity index (χ0v) is 16.3. The second-order valence-corrected chi connectivity index (χ2v) is 8.14. The number of benzene rings is 2. The number of para-hydroxylation sites is 1. The summed E-state index contributed by atoms with van der Waals surface area (Å²) in [5.41, 5.74) is -2.02. The first kappa shape index (κ1) is 22.5. The van der Waals surface area contributed by atoms with Crippen molar-refractivity contribution >= 4 is 44.9 Å². The van der Waals surface area contributed by atoms with Gasteiger partial charge in [0.2, 0.25) is 15.9 Å². The Morgan fingerprint density at radius 2 is 1.79 bits per heavy atom. The second kappa shape index (κ2) is 8.29. The Morgan fingerprint density at radius 1 is 1.17 bits per heavy atom. The van der Waals surface area contributed by atoms with Gasteiger partial charge in [-0.3, -0.25) is 9.10 Å². The number of hydrogen-bond donors (Lipinski definition) is 2. The van der Waals surface area contributed by atoms with E-state index in [-0.39, 0.29) is 11.3 Å². The second-order valence-electron chi connectivity index (χ2n) is 5.83. The summed E-state index contributed by atoms with van der Waals surface area (Å²) in [6.07, 6.45) is -4.12. The van der Waals surface area contributed by atoms with E-state index < -0.39 is 50.9 Å². The normalized spacial score (nSPS) is 11.8. The third-order valence-electron chi connectivity index (χ3n) is 3.66. The van der Waals surface area contributed by atoms with Crippen LogP contribution in [0.5, 0.6) is 0 Å². The summed E-state index contributed by atoms with van der Waals surface area (Å²) in [5.74, 6) is -2.28. The predicted molar refractivity (Wildman–Crippen MR) is 101 cm³/mol. The average molecular weight is 451 g/mol. The topological polar surface area (TPSA) is 104 Å². The van der Waals surface area contributed by atoms with Gasteiger partial charge in [0, 0.05) is 0 Å². The van der Waals surface area contributed by atoms with Crippen LogP contribution < -0.4 is 9.62 Å². The van der Waals surface area contributed by atoms with Gasteiger partial charge in [0.15, 0.2) is 0 Å². The Balaban J connectivity index is 2.37. The standard InChI is InChI=1S/C17H14ClF3N2O5S/c1-29(27,28)23(10-6-7-13(18)12(8-10)17(19,20)21)9-15(24)22-14-5-3-2-4-11(14)16(25)26/h2-8H,9H2,1H3,(H,22,24)(H,25,26). The molecule has 2 rings (SSSR count). The van der Waals surface area contributed by atoms with Gasteiger partial charge in [-0.1, -0.05) is 23.7 Å². The Bertz CT molecular complexity index is 1060. The summed E-state index contributed by atoms with van der Waals surface area (Å²) in [5, 5.41) is 10.7. The number of carboxylic acid groups (broad SMARTS) is 1. The highest BCUT2D eigenvalue weighted by Crippen LogP contribution is 2.37. The maximum atomic E-state index is 13.1. The lowest BCUT2D eigenvalue weighted by Crippen LogP contribution is -2.37. The van der Waals surface area contributed by atoms with Crippen molar-refractivity contribution in [2.45, 2.75) is 6.18 Å². The fourth-order valence-electron chi connectivity index (χ4n) is 2.38. The van der Waals surface area contributed by atoms with Crippen molar-refractivity contribution in [1.29, 1.82) is 0 Å². The van der Waals surface area contributed by atoms with Crippen LogP contribution in [0.3, 0.4) is 0 Å². The smallest absolute Gasteiger partial charge is 0.417 e. The van der Waals surface area contributed by atoms with Crippen molar-refractivity contribution in [3.8, 4) is 0 Å². The van der Waals surface area contributed by atoms with Crippen molar-refractivity contribution in [3.05, 3.63) is 58.6 Å². The fraction of sp³-hybridized carbons (Fsp3) is 0.176. The first-order chi connectivity index (χ1) is 13.3. The quantitative estimate of drug-likeness (QED) is 0.701. The third-order valence-corrected chi connectivity index (χ3v) is 5.13. The van der Waals surface area contributed by atoms with E-state index in [1.54, 1.807) is 0 Å². The van der Waals surface area contributed by atoms with Crippen LogP contribution >= 0.6 is 11.6 Å². The van der Waals surface area contributed by atoms with Crippen LogP contribution in [0.15, 0.2) is 42.5 Å². The van der Waals surface area contributed by atoms with Crippen LogP contribution in [0.25, 0.3) is 0 Å². The number of carbonyl (C=O) groups is 2. The van der Waals surface area contributed by atoms with Gasteiger partial charge in [0.05, 0.1) is 33.8 Å². The molecule has 0 unspecified atom stereocenters. The minimum absolute atomic E-state index is 0.0921. The molecule has 0 fully saturated rings. The SMILES string of the molecule is CS(=O)(=O)N(CC(=O)Nc1ccccc1C(=O)O)c1ccc(Cl)c(C(F)(F)F)c1. The van der Waals surface area contributed by atoms with E-state index in [9.17, 15) is 31.2 Å². The Labute approximate surface area is 168 Å². The summed E-state index contributed by atoms with van der Waals surface area (Å²) in [6, 6.07) is 7.80. The van der Waals surface area contributed by atoms with Crippen molar-refractivity contribution in [3.63, 3.8) is 0 Å². The maximum absolute atomic E-state index is 13.1. The van der Waals surface area contributed by atoms with Gasteiger partial charge < -0.3 is 10.4 Å². The van der Waals surface area contributed by atoms with Crippen molar-refractivity contribution in [1.82, 2.24) is 0 Å². The molecule has 0 radical (unpaired) electrons. The van der Waals surface area contributed by atoms with E-state index in [2.05, 4.69) is 5.32 Å². The molecule has 2 aromatic rings. The number of amides is 1. The van der Waals surface area contributed by atoms with Crippen LogP contribution in [0, 0.1) is 0 Å². The van der Waals surface area contributed by atoms with E-state index in [1.165, 1.54) is 24.3 Å². The third kappa shape index (κ3) is 5.61. The molecule has 0 aromatic heterocycles. The molecule has 0 heterocycles. The molecule has 7 nitrogen and oxygen atoms in total. The maximum Gasteiger partial charge on any atom is 0.417 e. The largest absolute Gasteiger partial charge is 0.478 e. The van der Waals surface area contributed by atoms with Crippen molar-refractivity contribution in [2.75, 3.05) is 22.4 Å². The monoisotopic (exact) mass is 450 g/mol. The predicted octanol–water partition coefficient (Wildman–Crippen LogP) is 3.46. The van der Waals surface area contributed by atoms with Gasteiger partial charge >= 0.3 is 12.1 Å². The van der Waals surface area contributed by atoms with Crippen LogP contribution in [0.1, 0.15) is 15.9 Å². The number of nitrogens with zero attached hydrogens (tertiary/aromatic N) is 1. The van der Waals surface area contributed by atoms with E-state index in [1.807, 2.05) is 0 Å². The van der Waals surface area contributed by atoms with E-state index in [0.29, 0.717) is 16.6 Å². The molecule has 0 saturated carbocycles. The number of hydrogen-bond acceptors (Lipinski definition) is 4. The van der Waals surface area contributed by atoms with Gasteiger partial charge in [-0.05, 0) is 30.3 Å². The van der Waals surface area contributed by atoms with Crippen LogP contribution in [-0.2, 0) is 21.0 Å². The number of carbonyl (C=O) groups excluding carboxylic acids is 1. The summed E-state index contributed by atoms with van der Waals surface area (Å²) in [7, 11) is -4.16. The summed E-state index contributed by atoms with van der Waals surface area (Å²) >= 11 is 5.54. The number of carboxylic acids is 1. The van der Waals surface area contributed by atoms with E-state index in [4.69, 9.17) is 16.7 Å². The summed E-state index contributed by atoms with van der Waals surface area (Å²) in [4.78, 5) is 23.5. The number of nitrogens with one attached hydrogen (secondary N) is 1. The molecule has 0 saturated heterocycles. The minimum Gasteiger partial charge on any atom is -0.478 e. The molecule has 29 heavy (non-hydrogen) atoms. The highest BCUT2D eigenvalue weighted by Gasteiger charge is 2.34. The molecule has 2 aromatic carbocycles. The molecule has 12 heteroatoms. The van der Waals surface area contributed by atoms with Crippen LogP contribution in [0.2, 0.25) is 5.02 Å². The Hall–Kier alpha value is -2.79. The number of anilines is 2. The lowest BCUT2D eigenvalue weighted by molar-refractivity contribution is -0.137. The fourth-order valence-corrected chi connectivity index (χ4v) is 3.46. The van der Waals surface area contributed by atoms with Crippen LogP contribution in [0.4, 0.5) is 24.5 Å². The molecule has 0 aliphatic rings. The Kier molecular flexibility index (Phi) is 6.43. The first-order valence-corrected chi connectivity index (χ1v) is 10.00. The number of halogens is 4.